The lowest BCUT2D eigenvalue weighted by molar-refractivity contribution is 0.473. The maximum atomic E-state index is 10.5. The lowest BCUT2D eigenvalue weighted by atomic mass is 11.9. The molecule has 0 aromatic rings. The third kappa shape index (κ3) is 95.1. The quantitative estimate of drug-likeness (QED) is 0.218. The van der Waals surface area contributed by atoms with Crippen molar-refractivity contribution in [2.45, 2.75) is 0 Å². The molecule has 0 fully saturated rings. The summed E-state index contributed by atoms with van der Waals surface area (Å²) in [6.45, 7) is 4.73. The van der Waals surface area contributed by atoms with Crippen molar-refractivity contribution in [1.82, 2.24) is 0 Å². The fourth-order valence-corrected chi connectivity index (χ4v) is 4.38. The van der Waals surface area contributed by atoms with E-state index in [0.717, 1.165) is 13.3 Å². The SMILES string of the molecule is CP(=O)(O)CP(C)(=O)O.CP(C)(=O)O.I.II.[AlH2].[AlH2].[AlH3]. The molecule has 2 radical (unpaired) electrons. The summed E-state index contributed by atoms with van der Waals surface area (Å²) in [5.41, 5.74) is 0. The minimum atomic E-state index is -3.30. The van der Waals surface area contributed by atoms with E-state index in [4.69, 9.17) is 14.7 Å². The Morgan fingerprint density at radius 1 is 0.800 bits per heavy atom. The van der Waals surface area contributed by atoms with Crippen LogP contribution in [0.4, 0.5) is 0 Å². The maximum absolute atomic E-state index is 10.5. The third-order valence-corrected chi connectivity index (χ3v) is 4.72. The van der Waals surface area contributed by atoms with Gasteiger partial charge in [0.05, 0.1) is 0 Å². The standard InChI is InChI=1S/C3H10O4P2.C2H7O2P.3Al.I2.HI.7H/c1-8(4,5)3-9(2,6)7;1-5(2,3)4;;;;1-2;;;;;;;;/h3H2,1-2H3,(H,4,5)(H,6,7);1-2H3,(H,3,4);;;;;1H;;;;;;;. The molecule has 15 heteroatoms. The van der Waals surface area contributed by atoms with E-state index in [-0.39, 0.29) is 76.1 Å². The number of rotatable bonds is 2. The molecule has 0 aliphatic heterocycles. The molecule has 2 atom stereocenters. The van der Waals surface area contributed by atoms with Gasteiger partial charge in [0.1, 0.15) is 40.6 Å². The molecular weight excluding hydrogens is 711 g/mol. The van der Waals surface area contributed by atoms with Crippen molar-refractivity contribution in [3.05, 3.63) is 0 Å². The first-order valence-electron chi connectivity index (χ1n) is 3.71. The largest absolute Gasteiger partial charge is 0.345 e. The van der Waals surface area contributed by atoms with Crippen LogP contribution in [-0.2, 0) is 13.7 Å². The van der Waals surface area contributed by atoms with Crippen molar-refractivity contribution in [3.63, 3.8) is 0 Å². The fraction of sp³-hybridized carbons (Fsp3) is 1.00. The second kappa shape index (κ2) is 21.4. The summed E-state index contributed by atoms with van der Waals surface area (Å²) in [6, 6.07) is 0. The first kappa shape index (κ1) is 44.1. The van der Waals surface area contributed by atoms with Gasteiger partial charge in [-0.1, -0.05) is 0 Å². The molecule has 0 amide bonds. The van der Waals surface area contributed by atoms with Crippen LogP contribution in [0.2, 0.25) is 0 Å². The topological polar surface area (TPSA) is 112 Å². The molecule has 126 valence electrons. The van der Waals surface area contributed by atoms with Gasteiger partial charge in [-0.2, -0.15) is 0 Å². The van der Waals surface area contributed by atoms with Crippen molar-refractivity contribution in [2.75, 3.05) is 32.6 Å². The molecule has 20 heavy (non-hydrogen) atoms. The van der Waals surface area contributed by atoms with Gasteiger partial charge in [-0.15, -0.1) is 24.0 Å². The van der Waals surface area contributed by atoms with Crippen molar-refractivity contribution in [1.29, 1.82) is 0 Å². The molecule has 6 nitrogen and oxygen atoms in total. The molecule has 3 N–H and O–H groups in total. The molecule has 0 aromatic carbocycles. The summed E-state index contributed by atoms with van der Waals surface area (Å²) in [5.74, 6) is -0.486. The molecule has 0 saturated carbocycles. The average molecular weight is 736 g/mol. The van der Waals surface area contributed by atoms with Gasteiger partial charge < -0.3 is 14.7 Å². The van der Waals surface area contributed by atoms with E-state index in [0.29, 0.717) is 0 Å². The van der Waals surface area contributed by atoms with Gasteiger partial charge in [-0.25, -0.2) is 0 Å². The molecule has 0 rings (SSSR count). The predicted molar refractivity (Wildman–Crippen MR) is 129 cm³/mol. The molecule has 0 aliphatic carbocycles. The van der Waals surface area contributed by atoms with Gasteiger partial charge in [-0.05, 0) is 0 Å². The highest BCUT2D eigenvalue weighted by molar-refractivity contribution is 15.0. The van der Waals surface area contributed by atoms with Gasteiger partial charge in [0, 0.05) is 63.9 Å². The van der Waals surface area contributed by atoms with Gasteiger partial charge >= 0.3 is 0 Å². The van der Waals surface area contributed by atoms with Crippen molar-refractivity contribution < 1.29 is 28.4 Å². The van der Waals surface area contributed by atoms with E-state index in [1.807, 2.05) is 0 Å². The second-order valence-corrected chi connectivity index (χ2v) is 11.5. The highest BCUT2D eigenvalue weighted by Gasteiger charge is 2.21. The fourth-order valence-electron chi connectivity index (χ4n) is 0.487. The Morgan fingerprint density at radius 3 is 0.900 bits per heavy atom. The Balaban J connectivity index is -0.0000000273. The van der Waals surface area contributed by atoms with Crippen LogP contribution in [0, 0.1) is 0 Å². The molecule has 0 bridgehead atoms. The normalized spacial score (nSPS) is 14.2. The zero-order valence-corrected chi connectivity index (χ0v) is 25.1. The minimum absolute atomic E-state index is 0. The monoisotopic (exact) mass is 736 g/mol. The van der Waals surface area contributed by atoms with E-state index < -0.39 is 28.0 Å². The van der Waals surface area contributed by atoms with Gasteiger partial charge in [0.2, 0.25) is 14.7 Å². The highest BCUT2D eigenvalue weighted by Crippen LogP contribution is 2.52. The molecule has 0 aliphatic rings. The Morgan fingerprint density at radius 2 is 0.900 bits per heavy atom. The second-order valence-electron chi connectivity index (χ2n) is 3.54. The average Bonchev–Trinajstić information content (AvgIpc) is 1.78. The first-order chi connectivity index (χ1) is 6.71. The molecule has 0 heterocycles. The lowest BCUT2D eigenvalue weighted by Crippen LogP contribution is -1.86. The number of halogens is 3. The van der Waals surface area contributed by atoms with Crippen LogP contribution in [-0.4, -0.2) is 99.3 Å². The van der Waals surface area contributed by atoms with Crippen molar-refractivity contribution in [2.24, 2.45) is 0 Å². The molecular formula is C5H25Al3I3O6P3. The Kier molecular flexibility index (Phi) is 47.2. The zero-order valence-electron chi connectivity index (χ0n) is 11.8. The van der Waals surface area contributed by atoms with Crippen molar-refractivity contribution >= 4 is 135 Å². The molecule has 0 saturated heterocycles. The summed E-state index contributed by atoms with van der Waals surface area (Å²) >= 11 is 4.24. The minimum Gasteiger partial charge on any atom is -0.345 e. The highest BCUT2D eigenvalue weighted by atomic mass is 128. The van der Waals surface area contributed by atoms with Crippen molar-refractivity contribution in [3.8, 4) is 0 Å². The van der Waals surface area contributed by atoms with Gasteiger partial charge in [0.15, 0.2) is 24.7 Å². The van der Waals surface area contributed by atoms with E-state index in [1.54, 1.807) is 0 Å². The van der Waals surface area contributed by atoms with E-state index in [1.165, 1.54) is 13.3 Å². The summed E-state index contributed by atoms with van der Waals surface area (Å²) < 4.78 is 30.7. The zero-order chi connectivity index (χ0) is 14.2. The van der Waals surface area contributed by atoms with E-state index in [2.05, 4.69) is 37.2 Å². The third-order valence-electron chi connectivity index (χ3n) is 0.525. The smallest absolute Gasteiger partial charge is 0.207 e. The van der Waals surface area contributed by atoms with Crippen LogP contribution in [0.15, 0.2) is 0 Å². The van der Waals surface area contributed by atoms with Gasteiger partial charge in [-0.3, -0.25) is 13.7 Å². The van der Waals surface area contributed by atoms with Crippen LogP contribution in [0.25, 0.3) is 0 Å². The van der Waals surface area contributed by atoms with Crippen LogP contribution < -0.4 is 0 Å². The lowest BCUT2D eigenvalue weighted by Gasteiger charge is -2.06. The van der Waals surface area contributed by atoms with E-state index >= 15 is 0 Å². The van der Waals surface area contributed by atoms with Crippen LogP contribution >= 0.6 is 83.3 Å². The molecule has 0 spiro atoms. The Labute approximate surface area is 193 Å². The number of hydrogen-bond donors (Lipinski definition) is 3. The van der Waals surface area contributed by atoms with Crippen LogP contribution in [0.3, 0.4) is 0 Å². The first-order valence-corrected chi connectivity index (χ1v) is 17.1. The van der Waals surface area contributed by atoms with Crippen LogP contribution in [0.5, 0.6) is 0 Å². The molecule has 0 aromatic heterocycles. The van der Waals surface area contributed by atoms with E-state index in [9.17, 15) is 13.7 Å². The van der Waals surface area contributed by atoms with Gasteiger partial charge in [0.25, 0.3) is 0 Å². The molecule has 2 unspecified atom stereocenters. The van der Waals surface area contributed by atoms with Crippen LogP contribution in [0.1, 0.15) is 0 Å². The predicted octanol–water partition coefficient (Wildman–Crippen LogP) is 0.634. The Hall–Kier alpha value is 4.36. The summed E-state index contributed by atoms with van der Waals surface area (Å²) in [7, 11) is -9.24. The number of hydrogen-bond acceptors (Lipinski definition) is 3. The maximum Gasteiger partial charge on any atom is 0.207 e. The summed E-state index contributed by atoms with van der Waals surface area (Å²) in [5, 5.41) is 0. The Bertz CT molecular complexity index is 288. The summed E-state index contributed by atoms with van der Waals surface area (Å²) in [6.07, 6.45) is 0. The summed E-state index contributed by atoms with van der Waals surface area (Å²) in [4.78, 5) is 25.2.